The number of carbonyl (C=O) groups is 1. The van der Waals surface area contributed by atoms with Crippen molar-refractivity contribution >= 4 is 11.6 Å². The van der Waals surface area contributed by atoms with Crippen molar-refractivity contribution in [2.45, 2.75) is 18.9 Å². The molecule has 2 N–H and O–H groups in total. The molecule has 1 unspecified atom stereocenters. The van der Waals surface area contributed by atoms with Gasteiger partial charge in [0.05, 0.1) is 31.6 Å². The number of morpholine rings is 1. The minimum absolute atomic E-state index is 0.0817. The average molecular weight is 358 g/mol. The molecule has 7 nitrogen and oxygen atoms in total. The van der Waals surface area contributed by atoms with Crippen LogP contribution in [0.25, 0.3) is 0 Å². The topological polar surface area (TPSA) is 79.6 Å². The Kier molecular flexibility index (Phi) is 5.70. The second kappa shape index (κ2) is 7.99. The molecule has 1 aromatic heterocycles. The molecular formula is C19H26N4O3. The van der Waals surface area contributed by atoms with Gasteiger partial charge in [0.25, 0.3) is 0 Å². The highest BCUT2D eigenvalue weighted by molar-refractivity contribution is 5.91. The summed E-state index contributed by atoms with van der Waals surface area (Å²) < 4.78 is 7.59. The number of hydrogen-bond donors (Lipinski definition) is 2. The Labute approximate surface area is 153 Å². The van der Waals surface area contributed by atoms with E-state index in [1.165, 1.54) is 5.56 Å². The van der Waals surface area contributed by atoms with E-state index in [2.05, 4.69) is 34.7 Å². The van der Waals surface area contributed by atoms with Gasteiger partial charge < -0.3 is 15.2 Å². The number of aromatic nitrogens is 2. The molecule has 1 saturated heterocycles. The molecule has 0 radical (unpaired) electrons. The standard InChI is InChI=1S/C19H26N4O3/c1-15-3-5-16(6-4-15)9-19(14-24)13-23(7-8-26-19)12-18(25)21-17-10-20-22(2)11-17/h3-6,10-11,24H,7-9,12-14H2,1-2H3,(H,21,25). The number of nitrogens with zero attached hydrogens (tertiary/aromatic N) is 3. The van der Waals surface area contributed by atoms with E-state index >= 15 is 0 Å². The summed E-state index contributed by atoms with van der Waals surface area (Å²) in [5, 5.41) is 16.9. The molecular weight excluding hydrogens is 332 g/mol. The van der Waals surface area contributed by atoms with Gasteiger partial charge in [-0.1, -0.05) is 29.8 Å². The van der Waals surface area contributed by atoms with Crippen molar-refractivity contribution in [3.8, 4) is 0 Å². The number of amides is 1. The summed E-state index contributed by atoms with van der Waals surface area (Å²) in [6.07, 6.45) is 3.99. The summed E-state index contributed by atoms with van der Waals surface area (Å²) in [7, 11) is 1.80. The lowest BCUT2D eigenvalue weighted by Crippen LogP contribution is -2.56. The smallest absolute Gasteiger partial charge is 0.238 e. The van der Waals surface area contributed by atoms with Gasteiger partial charge in [0.2, 0.25) is 5.91 Å². The first kappa shape index (κ1) is 18.6. The van der Waals surface area contributed by atoms with E-state index in [-0.39, 0.29) is 19.1 Å². The third-order valence-electron chi connectivity index (χ3n) is 4.62. The second-order valence-electron chi connectivity index (χ2n) is 7.01. The highest BCUT2D eigenvalue weighted by Crippen LogP contribution is 2.23. The molecule has 2 aromatic rings. The molecule has 0 aliphatic carbocycles. The molecule has 1 aliphatic rings. The van der Waals surface area contributed by atoms with E-state index in [9.17, 15) is 9.90 Å². The number of ether oxygens (including phenoxy) is 1. The number of aliphatic hydroxyl groups is 1. The Balaban J connectivity index is 1.60. The van der Waals surface area contributed by atoms with Crippen molar-refractivity contribution in [2.75, 3.05) is 38.2 Å². The van der Waals surface area contributed by atoms with Gasteiger partial charge >= 0.3 is 0 Å². The van der Waals surface area contributed by atoms with Crippen LogP contribution in [0.2, 0.25) is 0 Å². The van der Waals surface area contributed by atoms with Gasteiger partial charge in [0, 0.05) is 32.8 Å². The van der Waals surface area contributed by atoms with Crippen molar-refractivity contribution in [2.24, 2.45) is 7.05 Å². The summed E-state index contributed by atoms with van der Waals surface area (Å²) in [5.74, 6) is -0.0953. The van der Waals surface area contributed by atoms with Crippen molar-refractivity contribution in [1.29, 1.82) is 0 Å². The molecule has 0 bridgehead atoms. The number of rotatable bonds is 6. The highest BCUT2D eigenvalue weighted by Gasteiger charge is 2.37. The second-order valence-corrected chi connectivity index (χ2v) is 7.01. The van der Waals surface area contributed by atoms with E-state index in [0.29, 0.717) is 31.8 Å². The van der Waals surface area contributed by atoms with Crippen LogP contribution in [-0.2, 0) is 23.0 Å². The Bertz CT molecular complexity index is 743. The number of carbonyl (C=O) groups excluding carboxylic acids is 1. The fourth-order valence-electron chi connectivity index (χ4n) is 3.28. The van der Waals surface area contributed by atoms with E-state index in [1.54, 1.807) is 24.1 Å². The van der Waals surface area contributed by atoms with E-state index < -0.39 is 5.60 Å². The van der Waals surface area contributed by atoms with E-state index in [1.807, 2.05) is 11.8 Å². The quantitative estimate of drug-likeness (QED) is 0.805. The normalized spacial score (nSPS) is 20.9. The van der Waals surface area contributed by atoms with Crippen LogP contribution in [0, 0.1) is 6.92 Å². The van der Waals surface area contributed by atoms with Crippen LogP contribution in [0.1, 0.15) is 11.1 Å². The third kappa shape index (κ3) is 4.69. The number of aliphatic hydroxyl groups excluding tert-OH is 1. The number of nitrogens with one attached hydrogen (secondary N) is 1. The first-order valence-corrected chi connectivity index (χ1v) is 8.79. The van der Waals surface area contributed by atoms with Gasteiger partial charge in [0.1, 0.15) is 5.60 Å². The lowest BCUT2D eigenvalue weighted by molar-refractivity contribution is -0.138. The molecule has 1 atom stereocenters. The Hall–Kier alpha value is -2.22. The number of anilines is 1. The van der Waals surface area contributed by atoms with Gasteiger partial charge in [-0.05, 0) is 12.5 Å². The molecule has 3 rings (SSSR count). The molecule has 1 aliphatic heterocycles. The van der Waals surface area contributed by atoms with Crippen molar-refractivity contribution in [1.82, 2.24) is 14.7 Å². The fraction of sp³-hybridized carbons (Fsp3) is 0.474. The monoisotopic (exact) mass is 358 g/mol. The first-order chi connectivity index (χ1) is 12.5. The zero-order valence-electron chi connectivity index (χ0n) is 15.3. The summed E-state index contributed by atoms with van der Waals surface area (Å²) in [6, 6.07) is 8.24. The van der Waals surface area contributed by atoms with Crippen molar-refractivity contribution in [3.05, 3.63) is 47.8 Å². The highest BCUT2D eigenvalue weighted by atomic mass is 16.5. The van der Waals surface area contributed by atoms with Gasteiger partial charge in [-0.2, -0.15) is 5.10 Å². The number of aryl methyl sites for hydroxylation is 2. The molecule has 1 amide bonds. The Morgan fingerprint density at radius 3 is 2.81 bits per heavy atom. The summed E-state index contributed by atoms with van der Waals surface area (Å²) in [6.45, 7) is 3.89. The van der Waals surface area contributed by atoms with Crippen molar-refractivity contribution < 1.29 is 14.6 Å². The van der Waals surface area contributed by atoms with Crippen LogP contribution in [-0.4, -0.2) is 64.1 Å². The minimum atomic E-state index is -0.678. The molecule has 7 heteroatoms. The molecule has 2 heterocycles. The summed E-state index contributed by atoms with van der Waals surface area (Å²) >= 11 is 0. The SMILES string of the molecule is Cc1ccc(CC2(CO)CN(CC(=O)Nc3cnn(C)c3)CCO2)cc1. The summed E-state index contributed by atoms with van der Waals surface area (Å²) in [4.78, 5) is 14.3. The number of benzene rings is 1. The van der Waals surface area contributed by atoms with Crippen LogP contribution in [0.5, 0.6) is 0 Å². The summed E-state index contributed by atoms with van der Waals surface area (Å²) in [5.41, 5.74) is 2.32. The van der Waals surface area contributed by atoms with E-state index in [4.69, 9.17) is 4.74 Å². The maximum atomic E-state index is 12.3. The van der Waals surface area contributed by atoms with Crippen LogP contribution < -0.4 is 5.32 Å². The zero-order valence-corrected chi connectivity index (χ0v) is 15.3. The van der Waals surface area contributed by atoms with Crippen LogP contribution in [0.4, 0.5) is 5.69 Å². The maximum absolute atomic E-state index is 12.3. The molecule has 0 saturated carbocycles. The Morgan fingerprint density at radius 2 is 2.15 bits per heavy atom. The average Bonchev–Trinajstić information content (AvgIpc) is 3.02. The third-order valence-corrected chi connectivity index (χ3v) is 4.62. The lowest BCUT2D eigenvalue weighted by atomic mass is 9.92. The molecule has 26 heavy (non-hydrogen) atoms. The predicted octanol–water partition coefficient (Wildman–Crippen LogP) is 0.973. The molecule has 140 valence electrons. The molecule has 1 aromatic carbocycles. The van der Waals surface area contributed by atoms with Crippen LogP contribution in [0.15, 0.2) is 36.7 Å². The van der Waals surface area contributed by atoms with Gasteiger partial charge in [-0.25, -0.2) is 0 Å². The molecule has 1 fully saturated rings. The van der Waals surface area contributed by atoms with Crippen LogP contribution >= 0.6 is 0 Å². The van der Waals surface area contributed by atoms with Gasteiger partial charge in [-0.15, -0.1) is 0 Å². The largest absolute Gasteiger partial charge is 0.393 e. The maximum Gasteiger partial charge on any atom is 0.238 e. The van der Waals surface area contributed by atoms with Gasteiger partial charge in [0.15, 0.2) is 0 Å². The fourth-order valence-corrected chi connectivity index (χ4v) is 3.28. The zero-order chi connectivity index (χ0) is 18.6. The predicted molar refractivity (Wildman–Crippen MR) is 98.9 cm³/mol. The van der Waals surface area contributed by atoms with Crippen molar-refractivity contribution in [3.63, 3.8) is 0 Å². The Morgan fingerprint density at radius 1 is 1.38 bits per heavy atom. The number of hydrogen-bond acceptors (Lipinski definition) is 5. The van der Waals surface area contributed by atoms with E-state index in [0.717, 1.165) is 5.56 Å². The van der Waals surface area contributed by atoms with Crippen LogP contribution in [0.3, 0.4) is 0 Å². The first-order valence-electron chi connectivity index (χ1n) is 8.79. The lowest BCUT2D eigenvalue weighted by Gasteiger charge is -2.41. The van der Waals surface area contributed by atoms with Gasteiger partial charge in [-0.3, -0.25) is 14.4 Å². The molecule has 0 spiro atoms. The minimum Gasteiger partial charge on any atom is -0.393 e.